The Kier molecular flexibility index (Phi) is 8.83. The normalized spacial score (nSPS) is 41.0. The van der Waals surface area contributed by atoms with Crippen molar-refractivity contribution in [2.75, 3.05) is 26.0 Å². The molecule has 5 rings (SSSR count). The first-order chi connectivity index (χ1) is 20.0. The number of H-pyrrole nitrogens is 1. The minimum Gasteiger partial charge on any atom is -0.393 e. The Balaban J connectivity index is 1.24. The highest BCUT2D eigenvalue weighted by Crippen LogP contribution is 2.65. The molecule has 8 unspecified atom stereocenters. The highest BCUT2D eigenvalue weighted by molar-refractivity contribution is 8.08. The number of phosphoric acid groups is 1. The van der Waals surface area contributed by atoms with E-state index >= 15 is 4.39 Å². The fraction of sp³-hybridized carbons (Fsp3) is 0.714. The van der Waals surface area contributed by atoms with Crippen LogP contribution in [0, 0.1) is 11.8 Å². The summed E-state index contributed by atoms with van der Waals surface area (Å²) in [7, 11) is -3.91. The number of fused-ring (bicyclic) bond motifs is 2. The second kappa shape index (κ2) is 11.5. The van der Waals surface area contributed by atoms with Crippen LogP contribution in [0.1, 0.15) is 18.6 Å². The highest BCUT2D eigenvalue weighted by Gasteiger charge is 2.74. The number of alkyl halides is 2. The van der Waals surface area contributed by atoms with E-state index in [1.165, 1.54) is 26.5 Å². The van der Waals surface area contributed by atoms with E-state index in [1.807, 2.05) is 0 Å². The Labute approximate surface area is 247 Å². The lowest BCUT2D eigenvalue weighted by atomic mass is 9.87. The number of nitrogen functional groups attached to an aromatic ring is 1. The summed E-state index contributed by atoms with van der Waals surface area (Å²) < 4.78 is 68.4. The van der Waals surface area contributed by atoms with Crippen molar-refractivity contribution in [3.8, 4) is 0 Å². The smallest absolute Gasteiger partial charge is 0.393 e. The Bertz CT molecular complexity index is 1460. The van der Waals surface area contributed by atoms with Crippen LogP contribution in [-0.2, 0) is 39.2 Å². The number of nitrogens with two attached hydrogens (primary N) is 1. The maximum Gasteiger partial charge on any atom is 0.481 e. The third kappa shape index (κ3) is 5.66. The number of likely N-dealkylation sites (N-methyl/N-ethyl adjacent to an activating group) is 1. The number of nitrogens with zero attached hydrogens (tertiary/aromatic N) is 2. The highest BCUT2D eigenvalue weighted by atomic mass is 32.5. The van der Waals surface area contributed by atoms with Gasteiger partial charge >= 0.3 is 14.5 Å². The first-order valence-electron chi connectivity index (χ1n) is 12.8. The summed E-state index contributed by atoms with van der Waals surface area (Å²) in [6.07, 6.45) is -7.57. The van der Waals surface area contributed by atoms with E-state index in [1.54, 1.807) is 0 Å². The SMILES string of the molecule is CN[C@@H]1[C@@H](COP(O)(=S)OP(=O)(O)OC2OC3(O)C2C(O)C(O)C3[C@@H](F)CO)O[C@@H](c2c[nH]c3c(N)ncnc23)[C@]1(C)F. The number of hydrogen-bond donors (Lipinski definition) is 9. The zero-order valence-electron chi connectivity index (χ0n) is 22.4. The number of phosphoric ester groups is 1. The van der Waals surface area contributed by atoms with Crippen LogP contribution in [0.5, 0.6) is 0 Å². The minimum atomic E-state index is -5.37. The standard InChI is InChI=1S/C21H31F2N5O12P2S/c1-20(23)16(25-2)9(37-17(20)7-3-26-13-12(7)27-6-28-18(13)24)5-36-42(35,43)40-41(33,34)39-19-11-15(31)14(30)10(8(22)4-29)21(11,32)38-19/h3,6,8-11,14-17,19,25-26,29-32H,4-5H2,1-2H3,(H,33,34)(H,35,43)(H2,24,27,28)/t8-,9+,10?,11?,14?,15?,16+,17-,19?,20+,21?,42?/m0/s1. The lowest BCUT2D eigenvalue weighted by molar-refractivity contribution is -0.426. The molecule has 10 N–H and O–H groups in total. The van der Waals surface area contributed by atoms with Crippen LogP contribution < -0.4 is 11.1 Å². The summed E-state index contributed by atoms with van der Waals surface area (Å²) in [6, 6.07) is -1.05. The largest absolute Gasteiger partial charge is 0.481 e. The van der Waals surface area contributed by atoms with Crippen LogP contribution in [0.15, 0.2) is 12.5 Å². The fourth-order valence-corrected chi connectivity index (χ4v) is 9.15. The van der Waals surface area contributed by atoms with Gasteiger partial charge in [-0.1, -0.05) is 0 Å². The van der Waals surface area contributed by atoms with E-state index in [0.717, 1.165) is 0 Å². The van der Waals surface area contributed by atoms with Crippen LogP contribution in [-0.4, -0.2) is 114 Å². The van der Waals surface area contributed by atoms with Crippen LogP contribution in [0.25, 0.3) is 11.0 Å². The molecule has 3 aliphatic rings. The molecule has 2 aromatic heterocycles. The summed E-state index contributed by atoms with van der Waals surface area (Å²) in [4.78, 5) is 31.6. The molecule has 13 atom stereocenters. The number of halogens is 2. The van der Waals surface area contributed by atoms with Crippen molar-refractivity contribution in [1.29, 1.82) is 0 Å². The molecule has 2 saturated heterocycles. The maximum absolute atomic E-state index is 16.1. The quantitative estimate of drug-likeness (QED) is 0.129. The van der Waals surface area contributed by atoms with Crippen molar-refractivity contribution < 1.29 is 66.4 Å². The van der Waals surface area contributed by atoms with Crippen molar-refractivity contribution >= 4 is 43.2 Å². The number of ether oxygens (including phenoxy) is 2. The zero-order valence-corrected chi connectivity index (χ0v) is 25.0. The molecule has 3 fully saturated rings. The van der Waals surface area contributed by atoms with Crippen LogP contribution in [0.3, 0.4) is 0 Å². The van der Waals surface area contributed by atoms with Gasteiger partial charge in [0.2, 0.25) is 0 Å². The van der Waals surface area contributed by atoms with Gasteiger partial charge in [0, 0.05) is 11.8 Å². The van der Waals surface area contributed by atoms with Gasteiger partial charge in [0.25, 0.3) is 0 Å². The molecule has 22 heteroatoms. The molecule has 43 heavy (non-hydrogen) atoms. The molecule has 2 aromatic rings. The Hall–Kier alpha value is -1.32. The predicted molar refractivity (Wildman–Crippen MR) is 144 cm³/mol. The molecule has 0 spiro atoms. The number of anilines is 1. The third-order valence-corrected chi connectivity index (χ3v) is 11.5. The average Bonchev–Trinajstić information content (AvgIpc) is 3.48. The van der Waals surface area contributed by atoms with Crippen LogP contribution >= 0.6 is 14.5 Å². The zero-order chi connectivity index (χ0) is 31.7. The number of aromatic nitrogens is 3. The molecule has 0 aromatic carbocycles. The molecule has 2 aliphatic heterocycles. The van der Waals surface area contributed by atoms with Crippen molar-refractivity contribution in [1.82, 2.24) is 20.3 Å². The summed E-state index contributed by atoms with van der Waals surface area (Å²) in [5.41, 5.74) is 4.79. The van der Waals surface area contributed by atoms with Crippen molar-refractivity contribution in [2.24, 2.45) is 11.8 Å². The Morgan fingerprint density at radius 2 is 2.02 bits per heavy atom. The lowest BCUT2D eigenvalue weighted by Crippen LogP contribution is -2.64. The lowest BCUT2D eigenvalue weighted by Gasteiger charge is -2.49. The molecule has 0 bridgehead atoms. The van der Waals surface area contributed by atoms with Gasteiger partial charge in [-0.05, 0) is 25.8 Å². The number of aromatic amines is 1. The molecular weight excluding hydrogens is 646 g/mol. The molecule has 17 nitrogen and oxygen atoms in total. The molecule has 1 aliphatic carbocycles. The second-order valence-electron chi connectivity index (χ2n) is 10.6. The fourth-order valence-electron chi connectivity index (χ4n) is 6.05. The van der Waals surface area contributed by atoms with E-state index in [2.05, 4.69) is 24.6 Å². The topological polar surface area (TPSA) is 264 Å². The van der Waals surface area contributed by atoms with E-state index in [4.69, 9.17) is 41.2 Å². The Morgan fingerprint density at radius 3 is 2.67 bits per heavy atom. The van der Waals surface area contributed by atoms with Crippen molar-refractivity contribution in [3.05, 3.63) is 18.1 Å². The van der Waals surface area contributed by atoms with Crippen LogP contribution in [0.2, 0.25) is 0 Å². The maximum atomic E-state index is 16.1. The van der Waals surface area contributed by atoms with Gasteiger partial charge in [0.15, 0.2) is 23.6 Å². The van der Waals surface area contributed by atoms with Gasteiger partial charge < -0.3 is 60.2 Å². The molecular formula is C21H31F2N5O12P2S. The summed E-state index contributed by atoms with van der Waals surface area (Å²) in [5, 5.41) is 42.8. The monoisotopic (exact) mass is 677 g/mol. The minimum absolute atomic E-state index is 0.140. The molecule has 4 heterocycles. The molecule has 0 amide bonds. The number of aliphatic hydroxyl groups is 4. The van der Waals surface area contributed by atoms with Gasteiger partial charge in [-0.25, -0.2) is 27.6 Å². The molecule has 242 valence electrons. The van der Waals surface area contributed by atoms with Crippen molar-refractivity contribution in [2.45, 2.75) is 61.3 Å². The van der Waals surface area contributed by atoms with Gasteiger partial charge in [-0.15, -0.1) is 0 Å². The molecule has 0 radical (unpaired) electrons. The van der Waals surface area contributed by atoms with E-state index in [0.29, 0.717) is 16.6 Å². The van der Waals surface area contributed by atoms with Crippen molar-refractivity contribution in [3.63, 3.8) is 0 Å². The first-order valence-corrected chi connectivity index (χ1v) is 16.9. The van der Waals surface area contributed by atoms with Gasteiger partial charge in [0.1, 0.15) is 30.2 Å². The summed E-state index contributed by atoms with van der Waals surface area (Å²) >= 11 is 4.83. The van der Waals surface area contributed by atoms with E-state index < -0.39 is 94.0 Å². The Morgan fingerprint density at radius 1 is 1.33 bits per heavy atom. The van der Waals surface area contributed by atoms with Gasteiger partial charge in [-0.2, -0.15) is 0 Å². The first kappa shape index (κ1) is 33.1. The van der Waals surface area contributed by atoms with Gasteiger partial charge in [-0.3, -0.25) is 4.52 Å². The van der Waals surface area contributed by atoms with E-state index in [-0.39, 0.29) is 5.82 Å². The number of nitrogens with one attached hydrogen (secondary N) is 2. The van der Waals surface area contributed by atoms with Gasteiger partial charge in [0.05, 0.1) is 48.8 Å². The number of rotatable bonds is 11. The number of hydrogen-bond acceptors (Lipinski definition) is 15. The number of aliphatic hydroxyl groups excluding tert-OH is 3. The van der Waals surface area contributed by atoms with E-state index in [9.17, 15) is 34.1 Å². The molecule has 1 saturated carbocycles. The summed E-state index contributed by atoms with van der Waals surface area (Å²) in [5.74, 6) is -5.83. The summed E-state index contributed by atoms with van der Waals surface area (Å²) in [6.45, 7) is -5.08. The van der Waals surface area contributed by atoms with Crippen LogP contribution in [0.4, 0.5) is 14.6 Å². The predicted octanol–water partition coefficient (Wildman–Crippen LogP) is -0.994. The third-order valence-electron chi connectivity index (χ3n) is 7.97. The second-order valence-corrected chi connectivity index (χ2v) is 15.0. The average molecular weight is 678 g/mol.